The second kappa shape index (κ2) is 6.67. The molecule has 0 aliphatic carbocycles. The molecule has 0 bridgehead atoms. The summed E-state index contributed by atoms with van der Waals surface area (Å²) < 4.78 is 11.0. The Morgan fingerprint density at radius 3 is 2.42 bits per heavy atom. The number of ether oxygens (including phenoxy) is 2. The van der Waals surface area contributed by atoms with Crippen LogP contribution in [0.15, 0.2) is 48.5 Å². The summed E-state index contributed by atoms with van der Waals surface area (Å²) in [4.78, 5) is 0. The summed E-state index contributed by atoms with van der Waals surface area (Å²) in [6.45, 7) is 0.820. The molecule has 0 fully saturated rings. The van der Waals surface area contributed by atoms with Crippen molar-refractivity contribution >= 4 is 11.6 Å². The monoisotopic (exact) mass is 273 g/mol. The lowest BCUT2D eigenvalue weighted by molar-refractivity contribution is 0.217. The Morgan fingerprint density at radius 1 is 1.00 bits per heavy atom. The van der Waals surface area contributed by atoms with Gasteiger partial charge in [-0.25, -0.2) is 0 Å². The van der Waals surface area contributed by atoms with Gasteiger partial charge in [0.1, 0.15) is 24.7 Å². The fourth-order valence-electron chi connectivity index (χ4n) is 1.52. The standard InChI is InChI=1S/C15H12ClNO2/c16-14-10-12(11-17)6-7-15(14)19-9-8-18-13-4-2-1-3-5-13/h1-7,10H,8-9H2. The molecule has 2 aromatic carbocycles. The molecule has 0 aliphatic rings. The average molecular weight is 274 g/mol. The van der Waals surface area contributed by atoms with E-state index in [2.05, 4.69) is 0 Å². The maximum Gasteiger partial charge on any atom is 0.138 e. The Kier molecular flexibility index (Phi) is 4.66. The Bertz CT molecular complexity index is 578. The Balaban J connectivity index is 1.82. The van der Waals surface area contributed by atoms with Gasteiger partial charge in [0.15, 0.2) is 0 Å². The third-order valence-electron chi connectivity index (χ3n) is 2.41. The number of nitrogens with zero attached hydrogens (tertiary/aromatic N) is 1. The van der Waals surface area contributed by atoms with E-state index in [0.29, 0.717) is 29.5 Å². The molecule has 2 aromatic rings. The molecule has 0 aliphatic heterocycles. The van der Waals surface area contributed by atoms with E-state index in [0.717, 1.165) is 5.75 Å². The van der Waals surface area contributed by atoms with Gasteiger partial charge < -0.3 is 9.47 Å². The molecular weight excluding hydrogens is 262 g/mol. The van der Waals surface area contributed by atoms with E-state index in [1.165, 1.54) is 0 Å². The fraction of sp³-hybridized carbons (Fsp3) is 0.133. The van der Waals surface area contributed by atoms with Gasteiger partial charge in [-0.1, -0.05) is 29.8 Å². The highest BCUT2D eigenvalue weighted by Crippen LogP contribution is 2.25. The van der Waals surface area contributed by atoms with Crippen molar-refractivity contribution in [1.82, 2.24) is 0 Å². The summed E-state index contributed by atoms with van der Waals surface area (Å²) >= 11 is 5.99. The first kappa shape index (κ1) is 13.3. The van der Waals surface area contributed by atoms with Crippen molar-refractivity contribution in [3.63, 3.8) is 0 Å². The number of rotatable bonds is 5. The summed E-state index contributed by atoms with van der Waals surface area (Å²) in [7, 11) is 0. The summed E-state index contributed by atoms with van der Waals surface area (Å²) in [6.07, 6.45) is 0. The minimum absolute atomic E-state index is 0.389. The number of benzene rings is 2. The molecule has 96 valence electrons. The highest BCUT2D eigenvalue weighted by molar-refractivity contribution is 6.32. The van der Waals surface area contributed by atoms with Gasteiger partial charge in [-0.15, -0.1) is 0 Å². The van der Waals surface area contributed by atoms with E-state index in [1.807, 2.05) is 36.4 Å². The molecule has 0 aromatic heterocycles. The molecule has 0 unspecified atom stereocenters. The van der Waals surface area contributed by atoms with Gasteiger partial charge >= 0.3 is 0 Å². The van der Waals surface area contributed by atoms with Crippen molar-refractivity contribution in [1.29, 1.82) is 5.26 Å². The average Bonchev–Trinajstić information content (AvgIpc) is 2.46. The van der Waals surface area contributed by atoms with E-state index in [1.54, 1.807) is 18.2 Å². The molecule has 0 radical (unpaired) electrons. The SMILES string of the molecule is N#Cc1ccc(OCCOc2ccccc2)c(Cl)c1. The van der Waals surface area contributed by atoms with E-state index >= 15 is 0 Å². The summed E-state index contributed by atoms with van der Waals surface area (Å²) in [5.41, 5.74) is 0.512. The first-order valence-electron chi connectivity index (χ1n) is 5.80. The zero-order chi connectivity index (χ0) is 13.5. The fourth-order valence-corrected chi connectivity index (χ4v) is 1.75. The lowest BCUT2D eigenvalue weighted by atomic mass is 10.2. The zero-order valence-corrected chi connectivity index (χ0v) is 10.9. The second-order valence-corrected chi connectivity index (χ2v) is 4.17. The number of hydrogen-bond acceptors (Lipinski definition) is 3. The summed E-state index contributed by atoms with van der Waals surface area (Å²) in [5, 5.41) is 9.15. The third kappa shape index (κ3) is 3.90. The molecule has 0 N–H and O–H groups in total. The van der Waals surface area contributed by atoms with Crippen molar-refractivity contribution < 1.29 is 9.47 Å². The quantitative estimate of drug-likeness (QED) is 0.781. The van der Waals surface area contributed by atoms with Crippen LogP contribution >= 0.6 is 11.6 Å². The molecule has 0 spiro atoms. The Labute approximate surface area is 117 Å². The lowest BCUT2D eigenvalue weighted by Gasteiger charge is -2.09. The molecule has 2 rings (SSSR count). The lowest BCUT2D eigenvalue weighted by Crippen LogP contribution is -2.09. The van der Waals surface area contributed by atoms with E-state index in [9.17, 15) is 0 Å². The van der Waals surface area contributed by atoms with Crippen LogP contribution in [-0.2, 0) is 0 Å². The van der Waals surface area contributed by atoms with Crippen molar-refractivity contribution in [3.8, 4) is 17.6 Å². The van der Waals surface area contributed by atoms with Crippen molar-refractivity contribution in [2.24, 2.45) is 0 Å². The maximum absolute atomic E-state index is 8.72. The minimum Gasteiger partial charge on any atom is -0.490 e. The third-order valence-corrected chi connectivity index (χ3v) is 2.71. The molecule has 0 saturated carbocycles. The number of para-hydroxylation sites is 1. The van der Waals surface area contributed by atoms with Crippen LogP contribution in [0.1, 0.15) is 5.56 Å². The van der Waals surface area contributed by atoms with Gasteiger partial charge in [-0.2, -0.15) is 5.26 Å². The van der Waals surface area contributed by atoms with E-state index < -0.39 is 0 Å². The van der Waals surface area contributed by atoms with Crippen LogP contribution in [0.3, 0.4) is 0 Å². The van der Waals surface area contributed by atoms with Crippen LogP contribution in [0.5, 0.6) is 11.5 Å². The second-order valence-electron chi connectivity index (χ2n) is 3.77. The van der Waals surface area contributed by atoms with Crippen molar-refractivity contribution in [3.05, 3.63) is 59.1 Å². The van der Waals surface area contributed by atoms with Crippen LogP contribution in [0, 0.1) is 11.3 Å². The zero-order valence-electron chi connectivity index (χ0n) is 10.2. The van der Waals surface area contributed by atoms with Gasteiger partial charge in [0.05, 0.1) is 16.7 Å². The highest BCUT2D eigenvalue weighted by atomic mass is 35.5. The minimum atomic E-state index is 0.389. The predicted molar refractivity (Wildman–Crippen MR) is 73.6 cm³/mol. The van der Waals surface area contributed by atoms with Crippen molar-refractivity contribution in [2.75, 3.05) is 13.2 Å². The maximum atomic E-state index is 8.72. The highest BCUT2D eigenvalue weighted by Gasteiger charge is 2.02. The molecule has 0 amide bonds. The summed E-state index contributed by atoms with van der Waals surface area (Å²) in [6, 6.07) is 16.5. The normalized spacial score (nSPS) is 9.68. The Hall–Kier alpha value is -2.18. The number of hydrogen-bond donors (Lipinski definition) is 0. The number of halogens is 1. The predicted octanol–water partition coefficient (Wildman–Crippen LogP) is 3.67. The topological polar surface area (TPSA) is 42.2 Å². The summed E-state index contributed by atoms with van der Waals surface area (Å²) in [5.74, 6) is 1.36. The largest absolute Gasteiger partial charge is 0.490 e. The van der Waals surface area contributed by atoms with Crippen LogP contribution in [0.4, 0.5) is 0 Å². The van der Waals surface area contributed by atoms with Gasteiger partial charge in [0, 0.05) is 0 Å². The molecule has 0 atom stereocenters. The smallest absolute Gasteiger partial charge is 0.138 e. The van der Waals surface area contributed by atoms with Gasteiger partial charge in [0.25, 0.3) is 0 Å². The van der Waals surface area contributed by atoms with Gasteiger partial charge in [-0.05, 0) is 30.3 Å². The van der Waals surface area contributed by atoms with E-state index in [-0.39, 0.29) is 0 Å². The molecule has 4 heteroatoms. The van der Waals surface area contributed by atoms with Crippen LogP contribution < -0.4 is 9.47 Å². The van der Waals surface area contributed by atoms with Crippen LogP contribution in [-0.4, -0.2) is 13.2 Å². The molecular formula is C15H12ClNO2. The molecule has 19 heavy (non-hydrogen) atoms. The van der Waals surface area contributed by atoms with Gasteiger partial charge in [-0.3, -0.25) is 0 Å². The first-order chi connectivity index (χ1) is 9.29. The first-order valence-corrected chi connectivity index (χ1v) is 6.17. The number of nitriles is 1. The van der Waals surface area contributed by atoms with Crippen molar-refractivity contribution in [2.45, 2.75) is 0 Å². The van der Waals surface area contributed by atoms with Crippen LogP contribution in [0.2, 0.25) is 5.02 Å². The Morgan fingerprint density at radius 2 is 1.74 bits per heavy atom. The van der Waals surface area contributed by atoms with Gasteiger partial charge in [0.2, 0.25) is 0 Å². The van der Waals surface area contributed by atoms with Crippen LogP contribution in [0.25, 0.3) is 0 Å². The molecule has 3 nitrogen and oxygen atoms in total. The van der Waals surface area contributed by atoms with E-state index in [4.69, 9.17) is 26.3 Å². The molecule has 0 saturated heterocycles. The molecule has 0 heterocycles.